The van der Waals surface area contributed by atoms with E-state index in [-0.39, 0.29) is 17.9 Å². The fraction of sp³-hybridized carbons (Fsp3) is 0.857. The quantitative estimate of drug-likeness (QED) is 0.672. The highest BCUT2D eigenvalue weighted by Crippen LogP contribution is 2.28. The average Bonchev–Trinajstić information content (AvgIpc) is 2.36. The summed E-state index contributed by atoms with van der Waals surface area (Å²) in [5.74, 6) is -0.163. The first-order chi connectivity index (χ1) is 9.00. The average molecular weight is 269 g/mol. The number of hydrogen-bond acceptors (Lipinski definition) is 3. The molecule has 1 atom stereocenters. The van der Waals surface area contributed by atoms with Gasteiger partial charge in [-0.3, -0.25) is 9.59 Å². The second-order valence-electron chi connectivity index (χ2n) is 5.49. The Hall–Kier alpha value is -1.10. The molecule has 1 aliphatic rings. The van der Waals surface area contributed by atoms with E-state index in [1.165, 1.54) is 6.92 Å². The molecule has 0 heterocycles. The molecular weight excluding hydrogens is 242 g/mol. The summed E-state index contributed by atoms with van der Waals surface area (Å²) in [5.41, 5.74) is -0.685. The summed E-state index contributed by atoms with van der Waals surface area (Å²) < 4.78 is 0. The molecule has 110 valence electrons. The summed E-state index contributed by atoms with van der Waals surface area (Å²) in [6.45, 7) is 7.03. The highest BCUT2D eigenvalue weighted by Gasteiger charge is 2.39. The van der Waals surface area contributed by atoms with E-state index in [4.69, 9.17) is 0 Å². The first-order valence-corrected chi connectivity index (χ1v) is 7.30. The minimum atomic E-state index is -0.685. The number of likely N-dealkylation sites (N-methyl/N-ethyl adjacent to an activating group) is 1. The van der Waals surface area contributed by atoms with Crippen molar-refractivity contribution in [3.63, 3.8) is 0 Å². The Morgan fingerprint density at radius 3 is 2.37 bits per heavy atom. The van der Waals surface area contributed by atoms with Crippen LogP contribution < -0.4 is 16.0 Å². The molecule has 0 aromatic rings. The van der Waals surface area contributed by atoms with Crippen molar-refractivity contribution in [3.8, 4) is 0 Å². The van der Waals surface area contributed by atoms with Gasteiger partial charge in [0.2, 0.25) is 11.8 Å². The standard InChI is InChI=1S/C14H27N3O2/c1-4-15-11(2)10-16-13(19)14(17-12(3)18)8-6-5-7-9-14/h11,15H,4-10H2,1-3H3,(H,16,19)(H,17,18)/t11-/m1/s1. The molecule has 1 saturated carbocycles. The van der Waals surface area contributed by atoms with Crippen LogP contribution in [0.15, 0.2) is 0 Å². The summed E-state index contributed by atoms with van der Waals surface area (Å²) in [4.78, 5) is 23.8. The largest absolute Gasteiger partial charge is 0.353 e. The number of rotatable bonds is 6. The van der Waals surface area contributed by atoms with E-state index >= 15 is 0 Å². The van der Waals surface area contributed by atoms with Gasteiger partial charge in [-0.1, -0.05) is 26.2 Å². The fourth-order valence-electron chi connectivity index (χ4n) is 2.74. The molecule has 0 aromatic heterocycles. The van der Waals surface area contributed by atoms with Crippen molar-refractivity contribution in [2.45, 2.75) is 64.5 Å². The zero-order valence-electron chi connectivity index (χ0n) is 12.3. The predicted molar refractivity (Wildman–Crippen MR) is 75.8 cm³/mol. The maximum Gasteiger partial charge on any atom is 0.245 e. The minimum Gasteiger partial charge on any atom is -0.353 e. The SMILES string of the molecule is CCN[C@H](C)CNC(=O)C1(NC(C)=O)CCCCC1. The van der Waals surface area contributed by atoms with Crippen molar-refractivity contribution >= 4 is 11.8 Å². The molecule has 1 rings (SSSR count). The lowest BCUT2D eigenvalue weighted by Gasteiger charge is -2.36. The van der Waals surface area contributed by atoms with E-state index in [1.54, 1.807) is 0 Å². The molecule has 0 radical (unpaired) electrons. The normalized spacial score (nSPS) is 19.5. The van der Waals surface area contributed by atoms with Crippen molar-refractivity contribution in [3.05, 3.63) is 0 Å². The molecular formula is C14H27N3O2. The molecule has 3 N–H and O–H groups in total. The van der Waals surface area contributed by atoms with Gasteiger partial charge in [0.25, 0.3) is 0 Å². The van der Waals surface area contributed by atoms with Crippen LogP contribution in [0.4, 0.5) is 0 Å². The van der Waals surface area contributed by atoms with Crippen LogP contribution >= 0.6 is 0 Å². The first kappa shape index (κ1) is 16.0. The van der Waals surface area contributed by atoms with Gasteiger partial charge in [-0.05, 0) is 26.3 Å². The number of amides is 2. The Labute approximate surface area is 115 Å². The topological polar surface area (TPSA) is 70.2 Å². The Bertz CT molecular complexity index is 312. The predicted octanol–water partition coefficient (Wildman–Crippen LogP) is 0.940. The number of nitrogens with one attached hydrogen (secondary N) is 3. The molecule has 19 heavy (non-hydrogen) atoms. The van der Waals surface area contributed by atoms with E-state index in [1.807, 2.05) is 13.8 Å². The lowest BCUT2D eigenvalue weighted by molar-refractivity contribution is -0.134. The van der Waals surface area contributed by atoms with Crippen LogP contribution in [0.2, 0.25) is 0 Å². The van der Waals surface area contributed by atoms with E-state index in [0.29, 0.717) is 6.54 Å². The van der Waals surface area contributed by atoms with Crippen LogP contribution in [0.3, 0.4) is 0 Å². The maximum atomic E-state index is 12.4. The third kappa shape index (κ3) is 4.82. The number of hydrogen-bond donors (Lipinski definition) is 3. The first-order valence-electron chi connectivity index (χ1n) is 7.30. The monoisotopic (exact) mass is 269 g/mol. The summed E-state index contributed by atoms with van der Waals surface area (Å²) in [6, 6.07) is 0.243. The Kier molecular flexibility index (Phi) is 6.28. The van der Waals surface area contributed by atoms with Crippen LogP contribution in [0.25, 0.3) is 0 Å². The summed E-state index contributed by atoms with van der Waals surface area (Å²) in [7, 11) is 0. The van der Waals surface area contributed by atoms with Crippen LogP contribution in [0, 0.1) is 0 Å². The minimum absolute atomic E-state index is 0.0350. The molecule has 0 bridgehead atoms. The van der Waals surface area contributed by atoms with Gasteiger partial charge in [-0.2, -0.15) is 0 Å². The fourth-order valence-corrected chi connectivity index (χ4v) is 2.74. The number of carbonyl (C=O) groups excluding carboxylic acids is 2. The van der Waals surface area contributed by atoms with Crippen molar-refractivity contribution in [2.24, 2.45) is 0 Å². The molecule has 0 spiro atoms. The van der Waals surface area contributed by atoms with Crippen molar-refractivity contribution < 1.29 is 9.59 Å². The molecule has 5 heteroatoms. The van der Waals surface area contributed by atoms with E-state index in [9.17, 15) is 9.59 Å². The van der Waals surface area contributed by atoms with Gasteiger partial charge in [0.05, 0.1) is 0 Å². The molecule has 0 unspecified atom stereocenters. The van der Waals surface area contributed by atoms with Gasteiger partial charge in [-0.15, -0.1) is 0 Å². The zero-order valence-corrected chi connectivity index (χ0v) is 12.3. The molecule has 1 aliphatic carbocycles. The second kappa shape index (κ2) is 7.48. The summed E-state index contributed by atoms with van der Waals surface area (Å²) in [5, 5.41) is 9.10. The maximum absolute atomic E-state index is 12.4. The zero-order chi connectivity index (χ0) is 14.3. The van der Waals surface area contributed by atoms with Crippen LogP contribution in [-0.4, -0.2) is 36.5 Å². The van der Waals surface area contributed by atoms with Gasteiger partial charge in [0, 0.05) is 19.5 Å². The Balaban J connectivity index is 2.59. The van der Waals surface area contributed by atoms with Gasteiger partial charge in [0.1, 0.15) is 5.54 Å². The highest BCUT2D eigenvalue weighted by atomic mass is 16.2. The molecule has 0 saturated heterocycles. The van der Waals surface area contributed by atoms with Crippen LogP contribution in [0.5, 0.6) is 0 Å². The van der Waals surface area contributed by atoms with Crippen molar-refractivity contribution in [1.29, 1.82) is 0 Å². The lowest BCUT2D eigenvalue weighted by atomic mass is 9.80. The summed E-state index contributed by atoms with van der Waals surface area (Å²) >= 11 is 0. The van der Waals surface area contributed by atoms with Gasteiger partial charge in [-0.25, -0.2) is 0 Å². The second-order valence-corrected chi connectivity index (χ2v) is 5.49. The van der Waals surface area contributed by atoms with Crippen molar-refractivity contribution in [1.82, 2.24) is 16.0 Å². The van der Waals surface area contributed by atoms with E-state index < -0.39 is 5.54 Å². The smallest absolute Gasteiger partial charge is 0.245 e. The van der Waals surface area contributed by atoms with Gasteiger partial charge < -0.3 is 16.0 Å². The van der Waals surface area contributed by atoms with Crippen LogP contribution in [-0.2, 0) is 9.59 Å². The lowest BCUT2D eigenvalue weighted by Crippen LogP contribution is -2.60. The highest BCUT2D eigenvalue weighted by molar-refractivity contribution is 5.91. The Morgan fingerprint density at radius 2 is 1.84 bits per heavy atom. The van der Waals surface area contributed by atoms with Crippen LogP contribution in [0.1, 0.15) is 52.9 Å². The molecule has 5 nitrogen and oxygen atoms in total. The van der Waals surface area contributed by atoms with E-state index in [2.05, 4.69) is 16.0 Å². The Morgan fingerprint density at radius 1 is 1.21 bits per heavy atom. The summed E-state index contributed by atoms with van der Waals surface area (Å²) in [6.07, 6.45) is 4.62. The molecule has 0 aromatic carbocycles. The van der Waals surface area contributed by atoms with Crippen molar-refractivity contribution in [2.75, 3.05) is 13.1 Å². The molecule has 0 aliphatic heterocycles. The van der Waals surface area contributed by atoms with Gasteiger partial charge >= 0.3 is 0 Å². The molecule has 1 fully saturated rings. The molecule has 2 amide bonds. The third-order valence-electron chi connectivity index (χ3n) is 3.68. The third-order valence-corrected chi connectivity index (χ3v) is 3.68. The van der Waals surface area contributed by atoms with E-state index in [0.717, 1.165) is 38.6 Å². The number of carbonyl (C=O) groups is 2. The van der Waals surface area contributed by atoms with Gasteiger partial charge in [0.15, 0.2) is 0 Å².